The van der Waals surface area contributed by atoms with E-state index in [4.69, 9.17) is 5.73 Å². The quantitative estimate of drug-likeness (QED) is 0.850. The summed E-state index contributed by atoms with van der Waals surface area (Å²) >= 11 is 1.30. The van der Waals surface area contributed by atoms with Crippen molar-refractivity contribution in [3.8, 4) is 0 Å². The lowest BCUT2D eigenvalue weighted by Gasteiger charge is -2.06. The van der Waals surface area contributed by atoms with Crippen molar-refractivity contribution in [2.24, 2.45) is 0 Å². The fourth-order valence-electron chi connectivity index (χ4n) is 2.14. The summed E-state index contributed by atoms with van der Waals surface area (Å²) in [5.41, 5.74) is 6.52. The Kier molecular flexibility index (Phi) is 3.14. The molecule has 1 aromatic carbocycles. The Balaban J connectivity index is 1.91. The van der Waals surface area contributed by atoms with Gasteiger partial charge in [-0.05, 0) is 37.5 Å². The number of benzene rings is 1. The maximum Gasteiger partial charge on any atom is 0.266 e. The van der Waals surface area contributed by atoms with E-state index in [2.05, 4.69) is 9.71 Å². The van der Waals surface area contributed by atoms with E-state index in [-0.39, 0.29) is 10.8 Å². The van der Waals surface area contributed by atoms with Gasteiger partial charge in [-0.25, -0.2) is 17.8 Å². The predicted octanol–water partition coefficient (Wildman–Crippen LogP) is 2.15. The number of hydrogen-bond donors (Lipinski definition) is 2. The highest BCUT2D eigenvalue weighted by Crippen LogP contribution is 2.31. The topological polar surface area (TPSA) is 85.1 Å². The number of thiazole rings is 1. The summed E-state index contributed by atoms with van der Waals surface area (Å²) in [6.45, 7) is 0. The highest BCUT2D eigenvalue weighted by atomic mass is 32.2. The zero-order chi connectivity index (χ0) is 14.3. The number of rotatable bonds is 3. The van der Waals surface area contributed by atoms with Crippen molar-refractivity contribution in [3.05, 3.63) is 34.6 Å². The summed E-state index contributed by atoms with van der Waals surface area (Å²) < 4.78 is 40.3. The van der Waals surface area contributed by atoms with Crippen LogP contribution in [0.25, 0.3) is 0 Å². The molecule has 20 heavy (non-hydrogen) atoms. The Morgan fingerprint density at radius 3 is 2.85 bits per heavy atom. The van der Waals surface area contributed by atoms with Crippen LogP contribution in [0.1, 0.15) is 17.0 Å². The maximum atomic E-state index is 13.7. The molecule has 0 atom stereocenters. The second-order valence-corrected chi connectivity index (χ2v) is 7.27. The highest BCUT2D eigenvalue weighted by molar-refractivity contribution is 7.93. The van der Waals surface area contributed by atoms with Crippen LogP contribution in [0.15, 0.2) is 23.1 Å². The Labute approximate surface area is 119 Å². The first-order valence-corrected chi connectivity index (χ1v) is 8.32. The average Bonchev–Trinajstić information content (AvgIpc) is 2.87. The lowest BCUT2D eigenvalue weighted by molar-refractivity contribution is 0.571. The van der Waals surface area contributed by atoms with E-state index in [1.54, 1.807) is 0 Å². The van der Waals surface area contributed by atoms with Gasteiger partial charge in [-0.1, -0.05) is 0 Å². The SMILES string of the molecule is Nc1ccc(S(=O)(=O)Nc2nc3c(s2)CCC3)c(F)c1. The van der Waals surface area contributed by atoms with Gasteiger partial charge in [0, 0.05) is 10.6 Å². The number of hydrogen-bond acceptors (Lipinski definition) is 5. The molecule has 0 saturated carbocycles. The summed E-state index contributed by atoms with van der Waals surface area (Å²) in [6, 6.07) is 3.48. The van der Waals surface area contributed by atoms with Crippen LogP contribution >= 0.6 is 11.3 Å². The molecule has 1 heterocycles. The minimum Gasteiger partial charge on any atom is -0.399 e. The van der Waals surface area contributed by atoms with E-state index in [1.807, 2.05) is 0 Å². The third-order valence-corrected chi connectivity index (χ3v) is 5.64. The van der Waals surface area contributed by atoms with Crippen molar-refractivity contribution in [2.45, 2.75) is 24.2 Å². The summed E-state index contributed by atoms with van der Waals surface area (Å²) in [6.07, 6.45) is 2.84. The second kappa shape index (κ2) is 4.71. The van der Waals surface area contributed by atoms with E-state index in [1.165, 1.54) is 17.4 Å². The van der Waals surface area contributed by atoms with E-state index in [0.717, 1.165) is 42.0 Å². The minimum absolute atomic E-state index is 0.176. The van der Waals surface area contributed by atoms with Crippen LogP contribution in [-0.2, 0) is 22.9 Å². The molecule has 3 N–H and O–H groups in total. The summed E-state index contributed by atoms with van der Waals surface area (Å²) in [5.74, 6) is -0.874. The van der Waals surface area contributed by atoms with Crippen molar-refractivity contribution >= 4 is 32.2 Å². The number of aromatic nitrogens is 1. The molecule has 0 radical (unpaired) electrons. The van der Waals surface area contributed by atoms with Crippen LogP contribution in [-0.4, -0.2) is 13.4 Å². The number of anilines is 2. The fourth-order valence-corrected chi connectivity index (χ4v) is 4.48. The molecular formula is C12H12FN3O2S2. The number of fused-ring (bicyclic) bond motifs is 1. The Bertz CT molecular complexity index is 750. The monoisotopic (exact) mass is 313 g/mol. The first kappa shape index (κ1) is 13.3. The average molecular weight is 313 g/mol. The van der Waals surface area contributed by atoms with Gasteiger partial charge in [0.15, 0.2) is 5.13 Å². The van der Waals surface area contributed by atoms with Crippen LogP contribution in [0.3, 0.4) is 0 Å². The molecule has 5 nitrogen and oxygen atoms in total. The summed E-state index contributed by atoms with van der Waals surface area (Å²) in [4.78, 5) is 4.90. The van der Waals surface area contributed by atoms with Gasteiger partial charge in [0.2, 0.25) is 0 Å². The molecule has 0 saturated heterocycles. The number of nitrogens with zero attached hydrogens (tertiary/aromatic N) is 1. The van der Waals surface area contributed by atoms with Gasteiger partial charge < -0.3 is 5.73 Å². The fraction of sp³-hybridized carbons (Fsp3) is 0.250. The van der Waals surface area contributed by atoms with E-state index >= 15 is 0 Å². The molecule has 1 aliphatic rings. The molecular weight excluding hydrogens is 301 g/mol. The van der Waals surface area contributed by atoms with Gasteiger partial charge in [0.1, 0.15) is 10.7 Å². The summed E-state index contributed by atoms with van der Waals surface area (Å²) in [5, 5.41) is 0.283. The van der Waals surface area contributed by atoms with Gasteiger partial charge in [0.05, 0.1) is 5.69 Å². The molecule has 1 aromatic heterocycles. The standard InChI is InChI=1S/C12H12FN3O2S2/c13-8-6-7(14)4-5-11(8)20(17,18)16-12-15-9-2-1-3-10(9)19-12/h4-6H,1-3,14H2,(H,15,16). The van der Waals surface area contributed by atoms with Crippen LogP contribution < -0.4 is 10.5 Å². The van der Waals surface area contributed by atoms with Crippen molar-refractivity contribution < 1.29 is 12.8 Å². The Morgan fingerprint density at radius 1 is 1.35 bits per heavy atom. The first-order chi connectivity index (χ1) is 9.45. The maximum absolute atomic E-state index is 13.7. The number of nitrogens with one attached hydrogen (secondary N) is 1. The zero-order valence-corrected chi connectivity index (χ0v) is 12.0. The first-order valence-electron chi connectivity index (χ1n) is 6.02. The lowest BCUT2D eigenvalue weighted by Crippen LogP contribution is -2.14. The lowest BCUT2D eigenvalue weighted by atomic mass is 10.3. The number of nitrogen functional groups attached to an aromatic ring is 1. The molecule has 2 aromatic rings. The predicted molar refractivity (Wildman–Crippen MR) is 75.8 cm³/mol. The van der Waals surface area contributed by atoms with Crippen molar-refractivity contribution in [1.29, 1.82) is 0 Å². The number of sulfonamides is 1. The minimum atomic E-state index is -3.98. The largest absolute Gasteiger partial charge is 0.399 e. The van der Waals surface area contributed by atoms with E-state index in [9.17, 15) is 12.8 Å². The van der Waals surface area contributed by atoms with Crippen LogP contribution in [0.4, 0.5) is 15.2 Å². The van der Waals surface area contributed by atoms with Crippen molar-refractivity contribution in [3.63, 3.8) is 0 Å². The van der Waals surface area contributed by atoms with Crippen LogP contribution in [0, 0.1) is 5.82 Å². The number of aryl methyl sites for hydroxylation is 2. The van der Waals surface area contributed by atoms with Gasteiger partial charge in [-0.2, -0.15) is 0 Å². The Morgan fingerprint density at radius 2 is 2.15 bits per heavy atom. The molecule has 0 fully saturated rings. The summed E-state index contributed by atoms with van der Waals surface area (Å²) in [7, 11) is -3.98. The molecule has 3 rings (SSSR count). The molecule has 0 spiro atoms. The smallest absolute Gasteiger partial charge is 0.266 e. The third-order valence-electron chi connectivity index (χ3n) is 3.06. The second-order valence-electron chi connectivity index (χ2n) is 4.54. The normalized spacial score (nSPS) is 14.2. The van der Waals surface area contributed by atoms with Crippen molar-refractivity contribution in [2.75, 3.05) is 10.5 Å². The van der Waals surface area contributed by atoms with E-state index < -0.39 is 20.7 Å². The molecule has 1 aliphatic carbocycles. The van der Waals surface area contributed by atoms with Gasteiger partial charge in [-0.3, -0.25) is 4.72 Å². The van der Waals surface area contributed by atoms with Gasteiger partial charge >= 0.3 is 0 Å². The zero-order valence-electron chi connectivity index (χ0n) is 10.4. The van der Waals surface area contributed by atoms with Gasteiger partial charge in [0.25, 0.3) is 10.0 Å². The number of halogens is 1. The molecule has 0 aliphatic heterocycles. The molecule has 8 heteroatoms. The number of nitrogens with two attached hydrogens (primary N) is 1. The van der Waals surface area contributed by atoms with Crippen LogP contribution in [0.5, 0.6) is 0 Å². The third kappa shape index (κ3) is 2.36. The van der Waals surface area contributed by atoms with Gasteiger partial charge in [-0.15, -0.1) is 11.3 Å². The molecule has 0 unspecified atom stereocenters. The van der Waals surface area contributed by atoms with Crippen molar-refractivity contribution in [1.82, 2.24) is 4.98 Å². The Hall–Kier alpha value is -1.67. The van der Waals surface area contributed by atoms with Crippen LogP contribution in [0.2, 0.25) is 0 Å². The molecule has 0 amide bonds. The highest BCUT2D eigenvalue weighted by Gasteiger charge is 2.23. The van der Waals surface area contributed by atoms with E-state index in [0.29, 0.717) is 0 Å². The molecule has 0 bridgehead atoms. The molecule has 106 valence electrons.